The summed E-state index contributed by atoms with van der Waals surface area (Å²) in [7, 11) is 0. The molecule has 110 valence electrons. The number of rotatable bonds is 5. The van der Waals surface area contributed by atoms with Crippen molar-refractivity contribution in [3.63, 3.8) is 0 Å². The lowest BCUT2D eigenvalue weighted by molar-refractivity contribution is 0.203. The summed E-state index contributed by atoms with van der Waals surface area (Å²) in [6.45, 7) is 2.37. The Kier molecular flexibility index (Phi) is 3.90. The number of aryl methyl sites for hydroxylation is 1. The zero-order chi connectivity index (χ0) is 14.8. The molecular weight excluding hydrogens is 288 g/mol. The Balaban J connectivity index is 1.86. The fourth-order valence-electron chi connectivity index (χ4n) is 2.37. The normalized spacial score (nSPS) is 12.9. The molecule has 0 aromatic carbocycles. The van der Waals surface area contributed by atoms with E-state index in [0.717, 1.165) is 16.8 Å². The van der Waals surface area contributed by atoms with Crippen LogP contribution < -0.4 is 5.56 Å². The minimum absolute atomic E-state index is 0.00531. The molecule has 6 heteroatoms. The zero-order valence-electron chi connectivity index (χ0n) is 11.7. The molecule has 0 fully saturated rings. The van der Waals surface area contributed by atoms with E-state index in [2.05, 4.69) is 4.98 Å². The molecule has 3 rings (SSSR count). The first kappa shape index (κ1) is 14.0. The first-order valence-corrected chi connectivity index (χ1v) is 7.63. The van der Waals surface area contributed by atoms with Crippen LogP contribution in [0.1, 0.15) is 11.3 Å². The number of aromatic nitrogens is 2. The van der Waals surface area contributed by atoms with E-state index in [-0.39, 0.29) is 18.1 Å². The first-order chi connectivity index (χ1) is 10.2. The van der Waals surface area contributed by atoms with Crippen LogP contribution in [0.2, 0.25) is 0 Å². The Morgan fingerprint density at radius 1 is 1.52 bits per heavy atom. The smallest absolute Gasteiger partial charge is 0.271 e. The number of thiophene rings is 1. The quantitative estimate of drug-likeness (QED) is 0.784. The van der Waals surface area contributed by atoms with Crippen molar-refractivity contribution in [3.05, 3.63) is 51.8 Å². The highest BCUT2D eigenvalue weighted by Crippen LogP contribution is 2.19. The van der Waals surface area contributed by atoms with Gasteiger partial charge in [-0.05, 0) is 30.0 Å². The number of aliphatic hydroxyl groups is 1. The number of nitrogens with zero attached hydrogens (tertiary/aromatic N) is 2. The van der Waals surface area contributed by atoms with Crippen LogP contribution in [0.25, 0.3) is 10.2 Å². The molecule has 1 N–H and O–H groups in total. The van der Waals surface area contributed by atoms with E-state index >= 15 is 0 Å². The van der Waals surface area contributed by atoms with Crippen molar-refractivity contribution in [1.82, 2.24) is 9.55 Å². The van der Waals surface area contributed by atoms with Crippen LogP contribution in [-0.4, -0.2) is 21.3 Å². The molecule has 5 nitrogen and oxygen atoms in total. The highest BCUT2D eigenvalue weighted by Gasteiger charge is 2.14. The first-order valence-electron chi connectivity index (χ1n) is 6.75. The molecule has 0 aliphatic carbocycles. The lowest BCUT2D eigenvalue weighted by atomic mass is 10.1. The second-order valence-corrected chi connectivity index (χ2v) is 6.01. The van der Waals surface area contributed by atoms with Crippen LogP contribution in [0.15, 0.2) is 39.3 Å². The lowest BCUT2D eigenvalue weighted by Crippen LogP contribution is -2.26. The van der Waals surface area contributed by atoms with Gasteiger partial charge in [0.05, 0.1) is 18.1 Å². The Bertz CT molecular complexity index is 789. The van der Waals surface area contributed by atoms with Gasteiger partial charge in [-0.15, -0.1) is 11.3 Å². The van der Waals surface area contributed by atoms with Crippen molar-refractivity contribution in [1.29, 1.82) is 0 Å². The van der Waals surface area contributed by atoms with Crippen LogP contribution in [0.5, 0.6) is 0 Å². The summed E-state index contributed by atoms with van der Waals surface area (Å²) in [6, 6.07) is 3.69. The maximum absolute atomic E-state index is 12.4. The second-order valence-electron chi connectivity index (χ2n) is 5.13. The summed E-state index contributed by atoms with van der Waals surface area (Å²) in [5, 5.41) is 11.5. The van der Waals surface area contributed by atoms with E-state index in [4.69, 9.17) is 4.42 Å². The monoisotopic (exact) mass is 304 g/mol. The van der Waals surface area contributed by atoms with E-state index < -0.39 is 0 Å². The van der Waals surface area contributed by atoms with Crippen molar-refractivity contribution in [3.8, 4) is 0 Å². The fraction of sp³-hybridized carbons (Fsp3) is 0.333. The largest absolute Gasteiger partial charge is 0.469 e. The van der Waals surface area contributed by atoms with Crippen LogP contribution in [-0.2, 0) is 13.0 Å². The van der Waals surface area contributed by atoms with Crippen molar-refractivity contribution in [2.45, 2.75) is 19.9 Å². The van der Waals surface area contributed by atoms with Gasteiger partial charge in [-0.3, -0.25) is 9.36 Å². The summed E-state index contributed by atoms with van der Waals surface area (Å²) >= 11 is 1.42. The molecule has 0 radical (unpaired) electrons. The van der Waals surface area contributed by atoms with Gasteiger partial charge in [0.2, 0.25) is 0 Å². The van der Waals surface area contributed by atoms with Gasteiger partial charge in [-0.1, -0.05) is 0 Å². The average molecular weight is 304 g/mol. The van der Waals surface area contributed by atoms with Crippen molar-refractivity contribution >= 4 is 21.6 Å². The van der Waals surface area contributed by atoms with E-state index in [1.54, 1.807) is 17.2 Å². The van der Waals surface area contributed by atoms with Crippen LogP contribution >= 0.6 is 11.3 Å². The van der Waals surface area contributed by atoms with Gasteiger partial charge in [0.25, 0.3) is 5.56 Å². The Hall–Kier alpha value is -1.92. The summed E-state index contributed by atoms with van der Waals surface area (Å²) < 4.78 is 7.54. The van der Waals surface area contributed by atoms with Gasteiger partial charge in [0.15, 0.2) is 0 Å². The number of hydrogen-bond donors (Lipinski definition) is 1. The number of hydrogen-bond acceptors (Lipinski definition) is 5. The third-order valence-corrected chi connectivity index (χ3v) is 4.58. The molecule has 0 amide bonds. The molecule has 1 atom stereocenters. The highest BCUT2D eigenvalue weighted by atomic mass is 32.1. The number of furan rings is 1. The van der Waals surface area contributed by atoms with E-state index in [9.17, 15) is 9.90 Å². The van der Waals surface area contributed by atoms with Gasteiger partial charge in [0.1, 0.15) is 10.5 Å². The van der Waals surface area contributed by atoms with Gasteiger partial charge in [0, 0.05) is 25.5 Å². The molecule has 0 spiro atoms. The van der Waals surface area contributed by atoms with Gasteiger partial charge >= 0.3 is 0 Å². The van der Waals surface area contributed by atoms with Gasteiger partial charge < -0.3 is 9.52 Å². The van der Waals surface area contributed by atoms with Crippen molar-refractivity contribution in [2.24, 2.45) is 5.92 Å². The molecule has 0 saturated carbocycles. The molecular formula is C15H16N2O3S. The van der Waals surface area contributed by atoms with Crippen LogP contribution in [0.4, 0.5) is 0 Å². The van der Waals surface area contributed by atoms with E-state index in [1.165, 1.54) is 11.3 Å². The molecule has 0 saturated heterocycles. The summed E-state index contributed by atoms with van der Waals surface area (Å²) in [5.41, 5.74) is 1.75. The predicted molar refractivity (Wildman–Crippen MR) is 81.6 cm³/mol. The van der Waals surface area contributed by atoms with Crippen LogP contribution in [0, 0.1) is 12.8 Å². The number of aliphatic hydroxyl groups excluding tert-OH is 1. The maximum atomic E-state index is 12.4. The third-order valence-electron chi connectivity index (χ3n) is 3.51. The lowest BCUT2D eigenvalue weighted by Gasteiger charge is -2.14. The fourth-order valence-corrected chi connectivity index (χ4v) is 3.32. The van der Waals surface area contributed by atoms with Gasteiger partial charge in [-0.25, -0.2) is 4.98 Å². The molecule has 1 unspecified atom stereocenters. The molecule has 0 aliphatic rings. The van der Waals surface area contributed by atoms with E-state index in [1.807, 2.05) is 24.4 Å². The minimum Gasteiger partial charge on any atom is -0.469 e. The topological polar surface area (TPSA) is 68.3 Å². The Labute approximate surface area is 125 Å². The van der Waals surface area contributed by atoms with Crippen molar-refractivity contribution < 1.29 is 9.52 Å². The molecule has 3 aromatic rings. The molecule has 3 aromatic heterocycles. The molecule has 21 heavy (non-hydrogen) atoms. The predicted octanol–water partition coefficient (Wildman–Crippen LogP) is 2.21. The third kappa shape index (κ3) is 2.77. The standard InChI is InChI=1S/C15H16N2O3S/c1-10-8-21-14-13(10)16-9-17(15(14)19)6-11(7-18)5-12-3-2-4-20-12/h2-4,8-9,11,18H,5-7H2,1H3. The average Bonchev–Trinajstić information content (AvgIpc) is 3.11. The van der Waals surface area contributed by atoms with Crippen molar-refractivity contribution in [2.75, 3.05) is 6.61 Å². The van der Waals surface area contributed by atoms with Crippen LogP contribution in [0.3, 0.4) is 0 Å². The summed E-state index contributed by atoms with van der Waals surface area (Å²) in [4.78, 5) is 16.8. The molecule has 0 aliphatic heterocycles. The SMILES string of the molecule is Cc1csc2c(=O)n(CC(CO)Cc3ccco3)cnc12. The Morgan fingerprint density at radius 2 is 2.38 bits per heavy atom. The summed E-state index contributed by atoms with van der Waals surface area (Å²) in [5.74, 6) is 0.734. The molecule has 0 bridgehead atoms. The second kappa shape index (κ2) is 5.83. The zero-order valence-corrected chi connectivity index (χ0v) is 12.5. The number of fused-ring (bicyclic) bond motifs is 1. The van der Waals surface area contributed by atoms with Gasteiger partial charge in [-0.2, -0.15) is 0 Å². The minimum atomic E-state index is -0.0749. The van der Waals surface area contributed by atoms with E-state index in [0.29, 0.717) is 17.7 Å². The highest BCUT2D eigenvalue weighted by molar-refractivity contribution is 7.17. The maximum Gasteiger partial charge on any atom is 0.271 e. The Morgan fingerprint density at radius 3 is 3.10 bits per heavy atom. The molecule has 3 heterocycles. The summed E-state index contributed by atoms with van der Waals surface area (Å²) in [6.07, 6.45) is 3.77.